The predicted octanol–water partition coefficient (Wildman–Crippen LogP) is 0.923. The number of carbonyl (C=O) groups is 2. The number of hydrogen-bond acceptors (Lipinski definition) is 6. The zero-order chi connectivity index (χ0) is 18.1. The summed E-state index contributed by atoms with van der Waals surface area (Å²) in [5.74, 6) is -1.86. The van der Waals surface area contributed by atoms with E-state index >= 15 is 0 Å². The Morgan fingerprint density at radius 1 is 1.21 bits per heavy atom. The van der Waals surface area contributed by atoms with Gasteiger partial charge >= 0.3 is 0 Å². The lowest BCUT2D eigenvalue weighted by Crippen LogP contribution is -2.22. The molecule has 0 unspecified atom stereocenters. The lowest BCUT2D eigenvalue weighted by molar-refractivity contribution is -0.255. The first-order chi connectivity index (χ1) is 11.1. The monoisotopic (exact) mass is 367 g/mol. The molecular weight excluding hydrogens is 352 g/mol. The van der Waals surface area contributed by atoms with E-state index in [1.165, 1.54) is 44.4 Å². The van der Waals surface area contributed by atoms with Gasteiger partial charge in [0.2, 0.25) is 10.0 Å². The van der Waals surface area contributed by atoms with Gasteiger partial charge in [0.1, 0.15) is 0 Å². The van der Waals surface area contributed by atoms with Gasteiger partial charge in [-0.05, 0) is 30.7 Å². The van der Waals surface area contributed by atoms with E-state index < -0.39 is 21.9 Å². The van der Waals surface area contributed by atoms with Crippen molar-refractivity contribution >= 4 is 38.9 Å². The van der Waals surface area contributed by atoms with E-state index in [2.05, 4.69) is 5.32 Å². The molecular formula is C15H15N2O5S2-. The van der Waals surface area contributed by atoms with Gasteiger partial charge in [-0.15, -0.1) is 11.3 Å². The van der Waals surface area contributed by atoms with Crippen LogP contribution in [0.4, 0.5) is 5.69 Å². The first kappa shape index (κ1) is 18.1. The quantitative estimate of drug-likeness (QED) is 0.846. The van der Waals surface area contributed by atoms with E-state index in [0.29, 0.717) is 4.88 Å². The van der Waals surface area contributed by atoms with Crippen molar-refractivity contribution in [3.8, 4) is 0 Å². The van der Waals surface area contributed by atoms with Gasteiger partial charge in [-0.1, -0.05) is 12.1 Å². The number of carboxylic acid groups (broad SMARTS) is 1. The Labute approximate surface area is 143 Å². The van der Waals surface area contributed by atoms with Crippen LogP contribution >= 0.6 is 11.3 Å². The number of nitrogens with zero attached hydrogens (tertiary/aromatic N) is 1. The molecule has 0 fully saturated rings. The minimum absolute atomic E-state index is 0.0639. The molecule has 0 atom stereocenters. The number of hydrogen-bond donors (Lipinski definition) is 1. The van der Waals surface area contributed by atoms with Crippen molar-refractivity contribution in [3.63, 3.8) is 0 Å². The van der Waals surface area contributed by atoms with Gasteiger partial charge in [-0.2, -0.15) is 0 Å². The molecule has 24 heavy (non-hydrogen) atoms. The number of nitrogens with one attached hydrogen (secondary N) is 1. The second-order valence-electron chi connectivity index (χ2n) is 5.14. The van der Waals surface area contributed by atoms with Crippen LogP contribution in [0.3, 0.4) is 0 Å². The number of aromatic carboxylic acids is 1. The van der Waals surface area contributed by atoms with Crippen LogP contribution in [0.15, 0.2) is 35.2 Å². The van der Waals surface area contributed by atoms with Crippen molar-refractivity contribution in [3.05, 3.63) is 45.6 Å². The maximum absolute atomic E-state index is 12.3. The first-order valence-electron chi connectivity index (χ1n) is 6.78. The van der Waals surface area contributed by atoms with Crippen molar-refractivity contribution in [1.29, 1.82) is 0 Å². The minimum atomic E-state index is -3.63. The number of carbonyl (C=O) groups excluding carboxylic acids is 2. The van der Waals surface area contributed by atoms with E-state index in [1.807, 2.05) is 0 Å². The van der Waals surface area contributed by atoms with Gasteiger partial charge < -0.3 is 15.2 Å². The van der Waals surface area contributed by atoms with Crippen LogP contribution in [0.5, 0.6) is 0 Å². The summed E-state index contributed by atoms with van der Waals surface area (Å²) >= 11 is 1.05. The van der Waals surface area contributed by atoms with Crippen molar-refractivity contribution < 1.29 is 23.1 Å². The molecule has 128 valence electrons. The average molecular weight is 367 g/mol. The second-order valence-corrected chi connectivity index (χ2v) is 8.52. The summed E-state index contributed by atoms with van der Waals surface area (Å²) in [4.78, 5) is 23.9. The number of amides is 1. The standard InChI is InChI=1S/C15H16N2O5S2/c1-9-13(24(21,22)17(2)3)8-12(23-9)14(18)16-11-6-4-5-10(7-11)15(19)20/h4-8H,1-3H3,(H,16,18)(H,19,20)/p-1. The number of benzene rings is 1. The van der Waals surface area contributed by atoms with Crippen LogP contribution in [0.1, 0.15) is 24.9 Å². The number of sulfonamides is 1. The van der Waals surface area contributed by atoms with Gasteiger partial charge in [0.05, 0.1) is 15.7 Å². The Hall–Kier alpha value is -2.23. The number of anilines is 1. The lowest BCUT2D eigenvalue weighted by Gasteiger charge is -2.10. The Kier molecular flexibility index (Phi) is 5.07. The average Bonchev–Trinajstić information content (AvgIpc) is 2.90. The molecule has 1 aromatic heterocycles. The summed E-state index contributed by atoms with van der Waals surface area (Å²) in [6.45, 7) is 1.62. The summed E-state index contributed by atoms with van der Waals surface area (Å²) in [6, 6.07) is 6.94. The summed E-state index contributed by atoms with van der Waals surface area (Å²) in [5, 5.41) is 13.4. The molecule has 0 aliphatic rings. The smallest absolute Gasteiger partial charge is 0.265 e. The molecule has 1 aromatic carbocycles. The van der Waals surface area contributed by atoms with Crippen LogP contribution in [-0.4, -0.2) is 38.7 Å². The Morgan fingerprint density at radius 2 is 1.88 bits per heavy atom. The van der Waals surface area contributed by atoms with Crippen LogP contribution in [0, 0.1) is 6.92 Å². The van der Waals surface area contributed by atoms with Crippen molar-refractivity contribution in [2.75, 3.05) is 19.4 Å². The zero-order valence-electron chi connectivity index (χ0n) is 13.2. The van der Waals surface area contributed by atoms with Crippen molar-refractivity contribution in [2.45, 2.75) is 11.8 Å². The Bertz CT molecular complexity index is 900. The molecule has 1 heterocycles. The normalized spacial score (nSPS) is 11.5. The SMILES string of the molecule is Cc1sc(C(=O)Nc2cccc(C(=O)[O-])c2)cc1S(=O)(=O)N(C)C. The van der Waals surface area contributed by atoms with Crippen LogP contribution in [-0.2, 0) is 10.0 Å². The zero-order valence-corrected chi connectivity index (χ0v) is 14.8. The molecule has 2 aromatic rings. The third kappa shape index (κ3) is 3.64. The van der Waals surface area contributed by atoms with Crippen LogP contribution in [0.25, 0.3) is 0 Å². The molecule has 0 spiro atoms. The summed E-state index contributed by atoms with van der Waals surface area (Å²) < 4.78 is 25.5. The fourth-order valence-electron chi connectivity index (χ4n) is 1.95. The molecule has 0 radical (unpaired) electrons. The molecule has 7 nitrogen and oxygen atoms in total. The van der Waals surface area contributed by atoms with E-state index in [9.17, 15) is 23.1 Å². The van der Waals surface area contributed by atoms with Crippen molar-refractivity contribution in [1.82, 2.24) is 4.31 Å². The number of rotatable bonds is 5. The van der Waals surface area contributed by atoms with Gasteiger partial charge in [0.25, 0.3) is 5.91 Å². The van der Waals surface area contributed by atoms with Gasteiger partial charge in [0, 0.05) is 24.7 Å². The molecule has 0 saturated carbocycles. The van der Waals surface area contributed by atoms with E-state index in [0.717, 1.165) is 15.6 Å². The summed E-state index contributed by atoms with van der Waals surface area (Å²) in [6.07, 6.45) is 0. The summed E-state index contributed by atoms with van der Waals surface area (Å²) in [7, 11) is -0.805. The maximum atomic E-state index is 12.3. The largest absolute Gasteiger partial charge is 0.545 e. The molecule has 1 N–H and O–H groups in total. The molecule has 0 bridgehead atoms. The van der Waals surface area contributed by atoms with Crippen LogP contribution < -0.4 is 10.4 Å². The van der Waals surface area contributed by atoms with Gasteiger partial charge in [-0.3, -0.25) is 4.79 Å². The second kappa shape index (κ2) is 6.71. The third-order valence-corrected chi connectivity index (χ3v) is 6.33. The minimum Gasteiger partial charge on any atom is -0.545 e. The maximum Gasteiger partial charge on any atom is 0.265 e. The van der Waals surface area contributed by atoms with E-state index in [-0.39, 0.29) is 21.0 Å². The van der Waals surface area contributed by atoms with E-state index in [1.54, 1.807) is 6.92 Å². The van der Waals surface area contributed by atoms with Gasteiger partial charge in [-0.25, -0.2) is 12.7 Å². The molecule has 0 aliphatic carbocycles. The first-order valence-corrected chi connectivity index (χ1v) is 9.04. The molecule has 9 heteroatoms. The predicted molar refractivity (Wildman–Crippen MR) is 88.7 cm³/mol. The van der Waals surface area contributed by atoms with Crippen LogP contribution in [0.2, 0.25) is 0 Å². The molecule has 0 saturated heterocycles. The molecule has 1 amide bonds. The fraction of sp³-hybridized carbons (Fsp3) is 0.200. The highest BCUT2D eigenvalue weighted by molar-refractivity contribution is 7.89. The number of aryl methyl sites for hydroxylation is 1. The highest BCUT2D eigenvalue weighted by Crippen LogP contribution is 2.28. The highest BCUT2D eigenvalue weighted by Gasteiger charge is 2.24. The number of thiophene rings is 1. The van der Waals surface area contributed by atoms with Crippen molar-refractivity contribution in [2.24, 2.45) is 0 Å². The summed E-state index contributed by atoms with van der Waals surface area (Å²) in [5.41, 5.74) is 0.218. The highest BCUT2D eigenvalue weighted by atomic mass is 32.2. The van der Waals surface area contributed by atoms with Gasteiger partial charge in [0.15, 0.2) is 0 Å². The van der Waals surface area contributed by atoms with E-state index in [4.69, 9.17) is 0 Å². The number of carboxylic acids is 1. The topological polar surface area (TPSA) is 107 Å². The lowest BCUT2D eigenvalue weighted by atomic mass is 10.2. The Balaban J connectivity index is 2.29. The third-order valence-electron chi connectivity index (χ3n) is 3.21. The molecule has 2 rings (SSSR count). The fourth-order valence-corrected chi connectivity index (χ4v) is 4.30. The molecule has 0 aliphatic heterocycles. The Morgan fingerprint density at radius 3 is 2.46 bits per heavy atom.